The van der Waals surface area contributed by atoms with Gasteiger partial charge in [-0.1, -0.05) is 55.8 Å². The molecule has 1 aliphatic rings. The van der Waals surface area contributed by atoms with E-state index >= 15 is 0 Å². The second-order valence-electron chi connectivity index (χ2n) is 8.19. The van der Waals surface area contributed by atoms with Crippen LogP contribution in [-0.2, 0) is 0 Å². The van der Waals surface area contributed by atoms with Crippen molar-refractivity contribution in [1.29, 1.82) is 0 Å². The van der Waals surface area contributed by atoms with E-state index in [9.17, 15) is 14.0 Å². The number of hydrogen-bond donors (Lipinski definition) is 0. The molecule has 1 unspecified atom stereocenters. The quantitative estimate of drug-likeness (QED) is 0.362. The van der Waals surface area contributed by atoms with Crippen LogP contribution in [0.5, 0.6) is 0 Å². The van der Waals surface area contributed by atoms with Gasteiger partial charge in [-0.2, -0.15) is 0 Å². The molecule has 160 valence electrons. The number of amides is 1. The molecule has 0 saturated heterocycles. The van der Waals surface area contributed by atoms with Gasteiger partial charge in [-0.15, -0.1) is 0 Å². The number of halogens is 2. The number of nitrogens with zero attached hydrogens (tertiary/aromatic N) is 1. The Hall–Kier alpha value is -3.44. The molecule has 0 N–H and O–H groups in total. The molecule has 3 aromatic carbocycles. The van der Waals surface area contributed by atoms with E-state index in [1.807, 2.05) is 24.3 Å². The zero-order chi connectivity index (χ0) is 22.6. The van der Waals surface area contributed by atoms with E-state index in [1.165, 1.54) is 17.0 Å². The predicted octanol–water partition coefficient (Wildman–Crippen LogP) is 6.46. The van der Waals surface area contributed by atoms with E-state index < -0.39 is 23.2 Å². The van der Waals surface area contributed by atoms with Crippen molar-refractivity contribution in [3.63, 3.8) is 0 Å². The molecular weight excluding hydrogens is 429 g/mol. The molecule has 0 spiro atoms. The number of rotatable bonds is 3. The Labute approximate surface area is 188 Å². The van der Waals surface area contributed by atoms with Gasteiger partial charge in [0.2, 0.25) is 5.76 Å². The molecule has 2 heterocycles. The van der Waals surface area contributed by atoms with Crippen molar-refractivity contribution in [2.75, 3.05) is 4.90 Å². The van der Waals surface area contributed by atoms with Gasteiger partial charge in [0, 0.05) is 10.7 Å². The highest BCUT2D eigenvalue weighted by molar-refractivity contribution is 6.31. The normalized spacial score (nSPS) is 15.6. The largest absolute Gasteiger partial charge is 0.450 e. The number of anilines is 1. The molecule has 0 bridgehead atoms. The standard InChI is InChI=1S/C26H19ClFNO3/c1-14(2)15-6-8-16(9-7-15)23-22-24(30)20-13-18(28)10-11-21(20)32-25(22)26(31)29(23)19-5-3-4-17(27)12-19/h3-14,23H,1-2H3. The van der Waals surface area contributed by atoms with Gasteiger partial charge < -0.3 is 4.42 Å². The summed E-state index contributed by atoms with van der Waals surface area (Å²) in [6, 6.07) is 17.7. The predicted molar refractivity (Wildman–Crippen MR) is 123 cm³/mol. The van der Waals surface area contributed by atoms with Gasteiger partial charge in [0.25, 0.3) is 5.91 Å². The molecule has 0 saturated carbocycles. The van der Waals surface area contributed by atoms with Crippen molar-refractivity contribution < 1.29 is 13.6 Å². The summed E-state index contributed by atoms with van der Waals surface area (Å²) in [5.74, 6) is -0.684. The molecule has 1 amide bonds. The zero-order valence-electron chi connectivity index (χ0n) is 17.4. The van der Waals surface area contributed by atoms with Crippen LogP contribution in [0, 0.1) is 5.82 Å². The van der Waals surface area contributed by atoms with E-state index in [-0.39, 0.29) is 22.3 Å². The molecule has 1 atom stereocenters. The van der Waals surface area contributed by atoms with Gasteiger partial charge in [-0.25, -0.2) is 4.39 Å². The molecule has 4 aromatic rings. The molecule has 5 rings (SSSR count). The highest BCUT2D eigenvalue weighted by Crippen LogP contribution is 2.42. The maximum Gasteiger partial charge on any atom is 0.295 e. The van der Waals surface area contributed by atoms with Crippen molar-refractivity contribution in [1.82, 2.24) is 0 Å². The van der Waals surface area contributed by atoms with Crippen molar-refractivity contribution in [2.45, 2.75) is 25.8 Å². The minimum Gasteiger partial charge on any atom is -0.450 e. The number of carbonyl (C=O) groups excluding carboxylic acids is 1. The fourth-order valence-corrected chi connectivity index (χ4v) is 4.40. The fourth-order valence-electron chi connectivity index (χ4n) is 4.22. The summed E-state index contributed by atoms with van der Waals surface area (Å²) in [5.41, 5.74) is 2.39. The lowest BCUT2D eigenvalue weighted by atomic mass is 9.95. The van der Waals surface area contributed by atoms with Crippen molar-refractivity contribution in [3.05, 3.63) is 110 Å². The summed E-state index contributed by atoms with van der Waals surface area (Å²) in [6.45, 7) is 4.19. The maximum absolute atomic E-state index is 13.9. The van der Waals surface area contributed by atoms with Gasteiger partial charge in [0.15, 0.2) is 5.43 Å². The fraction of sp³-hybridized carbons (Fsp3) is 0.154. The molecule has 6 heteroatoms. The Morgan fingerprint density at radius 1 is 1.00 bits per heavy atom. The average molecular weight is 448 g/mol. The smallest absolute Gasteiger partial charge is 0.295 e. The van der Waals surface area contributed by atoms with Gasteiger partial charge >= 0.3 is 0 Å². The highest BCUT2D eigenvalue weighted by atomic mass is 35.5. The minimum absolute atomic E-state index is 0.0352. The third-order valence-corrected chi connectivity index (χ3v) is 6.07. The van der Waals surface area contributed by atoms with Gasteiger partial charge in [0.1, 0.15) is 11.4 Å². The van der Waals surface area contributed by atoms with E-state index in [4.69, 9.17) is 16.0 Å². The Kier molecular flexibility index (Phi) is 4.86. The molecule has 0 aliphatic carbocycles. The van der Waals surface area contributed by atoms with Crippen molar-refractivity contribution in [3.8, 4) is 0 Å². The summed E-state index contributed by atoms with van der Waals surface area (Å²) in [4.78, 5) is 28.5. The van der Waals surface area contributed by atoms with Gasteiger partial charge in [0.05, 0.1) is 17.0 Å². The number of hydrogen-bond acceptors (Lipinski definition) is 3. The molecular formula is C26H19ClFNO3. The van der Waals surface area contributed by atoms with E-state index in [1.54, 1.807) is 24.3 Å². The summed E-state index contributed by atoms with van der Waals surface area (Å²) in [5, 5.41) is 0.569. The number of carbonyl (C=O) groups is 1. The van der Waals surface area contributed by atoms with Crippen LogP contribution in [0.25, 0.3) is 11.0 Å². The van der Waals surface area contributed by atoms with Crippen molar-refractivity contribution >= 4 is 34.2 Å². The Bertz CT molecular complexity index is 1430. The Balaban J connectivity index is 1.79. The van der Waals surface area contributed by atoms with Crippen LogP contribution in [0.4, 0.5) is 10.1 Å². The summed E-state index contributed by atoms with van der Waals surface area (Å²) in [7, 11) is 0. The van der Waals surface area contributed by atoms with Crippen LogP contribution >= 0.6 is 11.6 Å². The molecule has 1 aliphatic heterocycles. The van der Waals surface area contributed by atoms with Crippen LogP contribution in [0.3, 0.4) is 0 Å². The third kappa shape index (κ3) is 3.21. The van der Waals surface area contributed by atoms with Crippen LogP contribution in [-0.4, -0.2) is 5.91 Å². The van der Waals surface area contributed by atoms with Crippen LogP contribution in [0.1, 0.15) is 53.1 Å². The molecule has 1 aromatic heterocycles. The van der Waals surface area contributed by atoms with E-state index in [0.29, 0.717) is 16.6 Å². The Morgan fingerprint density at radius 2 is 1.75 bits per heavy atom. The summed E-state index contributed by atoms with van der Waals surface area (Å²) >= 11 is 6.20. The Morgan fingerprint density at radius 3 is 2.44 bits per heavy atom. The first-order chi connectivity index (χ1) is 15.3. The van der Waals surface area contributed by atoms with Crippen LogP contribution in [0.15, 0.2) is 75.9 Å². The molecule has 32 heavy (non-hydrogen) atoms. The van der Waals surface area contributed by atoms with Crippen LogP contribution in [0.2, 0.25) is 5.02 Å². The molecule has 0 radical (unpaired) electrons. The zero-order valence-corrected chi connectivity index (χ0v) is 18.2. The lowest BCUT2D eigenvalue weighted by Crippen LogP contribution is -2.29. The summed E-state index contributed by atoms with van der Waals surface area (Å²) in [6.07, 6.45) is 0. The van der Waals surface area contributed by atoms with Gasteiger partial charge in [-0.05, 0) is 53.4 Å². The summed E-state index contributed by atoms with van der Waals surface area (Å²) < 4.78 is 19.8. The first kappa shape index (κ1) is 20.5. The monoisotopic (exact) mass is 447 g/mol. The maximum atomic E-state index is 13.9. The second kappa shape index (κ2) is 7.61. The van der Waals surface area contributed by atoms with E-state index in [0.717, 1.165) is 17.2 Å². The first-order valence-electron chi connectivity index (χ1n) is 10.3. The molecule has 0 fully saturated rings. The topological polar surface area (TPSA) is 50.5 Å². The van der Waals surface area contributed by atoms with Crippen molar-refractivity contribution in [2.24, 2.45) is 0 Å². The lowest BCUT2D eigenvalue weighted by Gasteiger charge is -2.25. The minimum atomic E-state index is -0.721. The van der Waals surface area contributed by atoms with Crippen LogP contribution < -0.4 is 10.3 Å². The number of benzene rings is 3. The average Bonchev–Trinajstić information content (AvgIpc) is 3.07. The SMILES string of the molecule is CC(C)c1ccc(C2c3c(oc4ccc(F)cc4c3=O)C(=O)N2c2cccc(Cl)c2)cc1. The third-order valence-electron chi connectivity index (χ3n) is 5.84. The highest BCUT2D eigenvalue weighted by Gasteiger charge is 2.43. The number of fused-ring (bicyclic) bond motifs is 2. The van der Waals surface area contributed by atoms with Gasteiger partial charge in [-0.3, -0.25) is 14.5 Å². The lowest BCUT2D eigenvalue weighted by molar-refractivity contribution is 0.0971. The molecule has 4 nitrogen and oxygen atoms in total. The second-order valence-corrected chi connectivity index (χ2v) is 8.63. The van der Waals surface area contributed by atoms with E-state index in [2.05, 4.69) is 13.8 Å². The first-order valence-corrected chi connectivity index (χ1v) is 10.7.